The zero-order valence-electron chi connectivity index (χ0n) is 10.6. The van der Waals surface area contributed by atoms with Crippen molar-refractivity contribution in [1.29, 1.82) is 0 Å². The largest absolute Gasteiger partial charge is 0.398 e. The molecule has 3 N–H and O–H groups in total. The maximum absolute atomic E-state index is 12.0. The lowest BCUT2D eigenvalue weighted by molar-refractivity contribution is -0.115. The van der Waals surface area contributed by atoms with E-state index < -0.39 is 0 Å². The normalized spacial score (nSPS) is 10.2. The number of carbonyl (C=O) groups excluding carboxylic acids is 1. The molecule has 0 saturated carbocycles. The number of benzene rings is 2. The van der Waals surface area contributed by atoms with Gasteiger partial charge in [-0.05, 0) is 42.3 Å². The summed E-state index contributed by atoms with van der Waals surface area (Å²) in [5, 5.41) is 2.87. The van der Waals surface area contributed by atoms with Crippen molar-refractivity contribution in [2.75, 3.05) is 11.1 Å². The molecule has 0 radical (unpaired) electrons. The fraction of sp³-hybridized carbons (Fsp3) is 0.133. The maximum atomic E-state index is 12.0. The standard InChI is InChI=1S/C15H15BrN2O/c1-10-8-12(6-7-13(10)16)18-15(19)9-11-4-2-3-5-14(11)17/h2-8H,9,17H2,1H3,(H,18,19). The Hall–Kier alpha value is -1.81. The van der Waals surface area contributed by atoms with Crippen LogP contribution in [0.4, 0.5) is 11.4 Å². The van der Waals surface area contributed by atoms with Crippen molar-refractivity contribution in [3.05, 3.63) is 58.1 Å². The first kappa shape index (κ1) is 13.6. The van der Waals surface area contributed by atoms with Crippen LogP contribution in [0.1, 0.15) is 11.1 Å². The van der Waals surface area contributed by atoms with Gasteiger partial charge in [-0.15, -0.1) is 0 Å². The first-order chi connectivity index (χ1) is 9.06. The van der Waals surface area contributed by atoms with E-state index in [4.69, 9.17) is 5.73 Å². The zero-order valence-corrected chi connectivity index (χ0v) is 12.2. The van der Waals surface area contributed by atoms with Gasteiger partial charge in [0.05, 0.1) is 6.42 Å². The number of nitrogens with two attached hydrogens (primary N) is 1. The summed E-state index contributed by atoms with van der Waals surface area (Å²) in [5.41, 5.74) is 9.18. The van der Waals surface area contributed by atoms with Gasteiger partial charge in [-0.2, -0.15) is 0 Å². The van der Waals surface area contributed by atoms with Crippen molar-refractivity contribution in [3.63, 3.8) is 0 Å². The van der Waals surface area contributed by atoms with E-state index in [1.807, 2.05) is 43.3 Å². The lowest BCUT2D eigenvalue weighted by Crippen LogP contribution is -2.15. The maximum Gasteiger partial charge on any atom is 0.228 e. The molecule has 0 aliphatic carbocycles. The number of anilines is 2. The van der Waals surface area contributed by atoms with E-state index in [0.717, 1.165) is 21.3 Å². The molecule has 4 heteroatoms. The molecule has 0 saturated heterocycles. The van der Waals surface area contributed by atoms with Crippen molar-refractivity contribution in [3.8, 4) is 0 Å². The molecule has 0 spiro atoms. The van der Waals surface area contributed by atoms with Gasteiger partial charge in [0.15, 0.2) is 0 Å². The van der Waals surface area contributed by atoms with Crippen LogP contribution in [-0.2, 0) is 11.2 Å². The van der Waals surface area contributed by atoms with Gasteiger partial charge in [-0.1, -0.05) is 34.1 Å². The van der Waals surface area contributed by atoms with Gasteiger partial charge in [0.1, 0.15) is 0 Å². The molecular formula is C15H15BrN2O. The Balaban J connectivity index is 2.05. The van der Waals surface area contributed by atoms with Crippen LogP contribution in [0.15, 0.2) is 46.9 Å². The second-order valence-corrected chi connectivity index (χ2v) is 5.24. The van der Waals surface area contributed by atoms with Gasteiger partial charge in [0.25, 0.3) is 0 Å². The number of rotatable bonds is 3. The van der Waals surface area contributed by atoms with E-state index in [1.54, 1.807) is 6.07 Å². The second kappa shape index (κ2) is 5.89. The van der Waals surface area contributed by atoms with E-state index in [2.05, 4.69) is 21.2 Å². The number of hydrogen-bond acceptors (Lipinski definition) is 2. The first-order valence-electron chi connectivity index (χ1n) is 5.95. The predicted octanol–water partition coefficient (Wildman–Crippen LogP) is 3.52. The Morgan fingerprint density at radius 2 is 2.00 bits per heavy atom. The highest BCUT2D eigenvalue weighted by Gasteiger charge is 2.07. The summed E-state index contributed by atoms with van der Waals surface area (Å²) in [5.74, 6) is -0.0698. The molecule has 0 fully saturated rings. The van der Waals surface area contributed by atoms with Crippen molar-refractivity contribution in [1.82, 2.24) is 0 Å². The fourth-order valence-corrected chi connectivity index (χ4v) is 2.04. The van der Waals surface area contributed by atoms with Gasteiger partial charge in [-0.3, -0.25) is 4.79 Å². The van der Waals surface area contributed by atoms with Crippen LogP contribution in [0.3, 0.4) is 0 Å². The van der Waals surface area contributed by atoms with Crippen LogP contribution < -0.4 is 11.1 Å². The number of amides is 1. The molecule has 0 bridgehead atoms. The minimum Gasteiger partial charge on any atom is -0.398 e. The minimum absolute atomic E-state index is 0.0698. The number of aryl methyl sites for hydroxylation is 1. The highest BCUT2D eigenvalue weighted by atomic mass is 79.9. The molecule has 2 aromatic carbocycles. The summed E-state index contributed by atoms with van der Waals surface area (Å²) < 4.78 is 1.03. The van der Waals surface area contributed by atoms with E-state index in [9.17, 15) is 4.79 Å². The highest BCUT2D eigenvalue weighted by molar-refractivity contribution is 9.10. The first-order valence-corrected chi connectivity index (χ1v) is 6.75. The molecule has 2 rings (SSSR count). The topological polar surface area (TPSA) is 55.1 Å². The molecule has 0 atom stereocenters. The fourth-order valence-electron chi connectivity index (χ4n) is 1.80. The Morgan fingerprint density at radius 1 is 1.26 bits per heavy atom. The van der Waals surface area contributed by atoms with Crippen LogP contribution in [0.25, 0.3) is 0 Å². The van der Waals surface area contributed by atoms with E-state index in [1.165, 1.54) is 0 Å². The van der Waals surface area contributed by atoms with Crippen molar-refractivity contribution in [2.45, 2.75) is 13.3 Å². The quantitative estimate of drug-likeness (QED) is 0.851. The molecular weight excluding hydrogens is 304 g/mol. The Kier molecular flexibility index (Phi) is 4.22. The number of hydrogen-bond donors (Lipinski definition) is 2. The van der Waals surface area contributed by atoms with Crippen LogP contribution >= 0.6 is 15.9 Å². The number of nitrogens with one attached hydrogen (secondary N) is 1. The molecule has 0 aliphatic rings. The van der Waals surface area contributed by atoms with Gasteiger partial charge in [0.2, 0.25) is 5.91 Å². The lowest BCUT2D eigenvalue weighted by atomic mass is 10.1. The predicted molar refractivity (Wildman–Crippen MR) is 82.1 cm³/mol. The Bertz CT molecular complexity index is 611. The van der Waals surface area contributed by atoms with Gasteiger partial charge < -0.3 is 11.1 Å². The third-order valence-electron chi connectivity index (χ3n) is 2.85. The van der Waals surface area contributed by atoms with E-state index in [0.29, 0.717) is 5.69 Å². The molecule has 3 nitrogen and oxygen atoms in total. The second-order valence-electron chi connectivity index (χ2n) is 4.39. The lowest BCUT2D eigenvalue weighted by Gasteiger charge is -2.08. The van der Waals surface area contributed by atoms with E-state index >= 15 is 0 Å². The van der Waals surface area contributed by atoms with Crippen molar-refractivity contribution < 1.29 is 4.79 Å². The summed E-state index contributed by atoms with van der Waals surface area (Å²) in [6.45, 7) is 1.98. The third kappa shape index (κ3) is 3.58. The Morgan fingerprint density at radius 3 is 2.68 bits per heavy atom. The molecule has 0 aliphatic heterocycles. The summed E-state index contributed by atoms with van der Waals surface area (Å²) in [4.78, 5) is 12.0. The third-order valence-corrected chi connectivity index (χ3v) is 3.74. The Labute approximate surface area is 121 Å². The van der Waals surface area contributed by atoms with Crippen LogP contribution in [0, 0.1) is 6.92 Å². The number of halogens is 1. The number of carbonyl (C=O) groups is 1. The van der Waals surface area contributed by atoms with Gasteiger partial charge in [-0.25, -0.2) is 0 Å². The highest BCUT2D eigenvalue weighted by Crippen LogP contribution is 2.20. The monoisotopic (exact) mass is 318 g/mol. The average molecular weight is 319 g/mol. The zero-order chi connectivity index (χ0) is 13.8. The molecule has 2 aromatic rings. The molecule has 19 heavy (non-hydrogen) atoms. The average Bonchev–Trinajstić information content (AvgIpc) is 2.37. The SMILES string of the molecule is Cc1cc(NC(=O)Cc2ccccc2N)ccc1Br. The summed E-state index contributed by atoms with van der Waals surface area (Å²) in [6.07, 6.45) is 0.280. The van der Waals surface area contributed by atoms with Crippen LogP contribution in [0.2, 0.25) is 0 Å². The molecule has 0 heterocycles. The van der Waals surface area contributed by atoms with Crippen molar-refractivity contribution in [2.24, 2.45) is 0 Å². The minimum atomic E-state index is -0.0698. The summed E-state index contributed by atoms with van der Waals surface area (Å²) in [6, 6.07) is 13.1. The molecule has 1 amide bonds. The van der Waals surface area contributed by atoms with Crippen LogP contribution in [-0.4, -0.2) is 5.91 Å². The number of nitrogen functional groups attached to an aromatic ring is 1. The summed E-state index contributed by atoms with van der Waals surface area (Å²) >= 11 is 3.43. The van der Waals surface area contributed by atoms with Gasteiger partial charge >= 0.3 is 0 Å². The summed E-state index contributed by atoms with van der Waals surface area (Å²) in [7, 11) is 0. The molecule has 0 unspecified atom stereocenters. The van der Waals surface area contributed by atoms with Gasteiger partial charge in [0, 0.05) is 15.8 Å². The smallest absolute Gasteiger partial charge is 0.228 e. The number of para-hydroxylation sites is 1. The van der Waals surface area contributed by atoms with E-state index in [-0.39, 0.29) is 12.3 Å². The molecule has 98 valence electrons. The molecule has 0 aromatic heterocycles. The van der Waals surface area contributed by atoms with Crippen LogP contribution in [0.5, 0.6) is 0 Å². The van der Waals surface area contributed by atoms with Crippen molar-refractivity contribution >= 4 is 33.2 Å².